The highest BCUT2D eigenvalue weighted by atomic mass is 16.6. The molecule has 0 bridgehead atoms. The number of rotatable bonds is 7. The van der Waals surface area contributed by atoms with Gasteiger partial charge in [0.05, 0.1) is 18.9 Å². The lowest BCUT2D eigenvalue weighted by Crippen LogP contribution is -2.34. The first-order valence-corrected chi connectivity index (χ1v) is 11.9. The first-order chi connectivity index (χ1) is 15.8. The molecular formula is C28H37NO4. The van der Waals surface area contributed by atoms with Gasteiger partial charge in [0.25, 0.3) is 0 Å². The third-order valence-corrected chi connectivity index (χ3v) is 6.07. The fourth-order valence-corrected chi connectivity index (χ4v) is 4.35. The Morgan fingerprint density at radius 3 is 2.24 bits per heavy atom. The molecule has 0 aromatic heterocycles. The van der Waals surface area contributed by atoms with Crippen LogP contribution in [0.3, 0.4) is 0 Å². The Morgan fingerprint density at radius 2 is 1.67 bits per heavy atom. The summed E-state index contributed by atoms with van der Waals surface area (Å²) in [6, 6.07) is 17.3. The topological polar surface area (TPSA) is 59.0 Å². The van der Waals surface area contributed by atoms with Crippen molar-refractivity contribution in [2.75, 3.05) is 12.0 Å². The zero-order chi connectivity index (χ0) is 23.8. The lowest BCUT2D eigenvalue weighted by Gasteiger charge is -2.32. The zero-order valence-corrected chi connectivity index (χ0v) is 20.2. The van der Waals surface area contributed by atoms with Crippen LogP contribution in [0, 0.1) is 5.92 Å². The van der Waals surface area contributed by atoms with Crippen molar-refractivity contribution in [2.24, 2.45) is 5.92 Å². The third-order valence-electron chi connectivity index (χ3n) is 6.07. The molecule has 1 saturated carbocycles. The van der Waals surface area contributed by atoms with Crippen LogP contribution in [0.25, 0.3) is 0 Å². The van der Waals surface area contributed by atoms with Crippen LogP contribution >= 0.6 is 0 Å². The second-order valence-corrected chi connectivity index (χ2v) is 9.72. The van der Waals surface area contributed by atoms with Crippen LogP contribution in [-0.4, -0.2) is 30.0 Å². The van der Waals surface area contributed by atoms with Crippen molar-refractivity contribution in [2.45, 2.75) is 70.5 Å². The summed E-state index contributed by atoms with van der Waals surface area (Å²) < 4.78 is 10.9. The molecule has 2 aromatic carbocycles. The summed E-state index contributed by atoms with van der Waals surface area (Å²) >= 11 is 0. The van der Waals surface area contributed by atoms with Crippen LogP contribution in [-0.2, 0) is 4.74 Å². The molecule has 5 heteroatoms. The van der Waals surface area contributed by atoms with Gasteiger partial charge in [-0.1, -0.05) is 55.7 Å². The number of carbonyl (C=O) groups is 1. The highest BCUT2D eigenvalue weighted by Gasteiger charge is 2.29. The zero-order valence-electron chi connectivity index (χ0n) is 20.2. The predicted octanol–water partition coefficient (Wildman–Crippen LogP) is 6.68. The minimum atomic E-state index is -0.629. The number of hydrogen-bond donors (Lipinski definition) is 1. The molecule has 2 aromatic rings. The number of aliphatic hydroxyl groups is 1. The van der Waals surface area contributed by atoms with E-state index in [1.165, 1.54) is 11.3 Å². The van der Waals surface area contributed by atoms with Crippen LogP contribution in [0.1, 0.15) is 64.4 Å². The molecule has 2 atom stereocenters. The van der Waals surface area contributed by atoms with Gasteiger partial charge in [0.1, 0.15) is 11.4 Å². The van der Waals surface area contributed by atoms with E-state index in [4.69, 9.17) is 9.47 Å². The molecule has 0 saturated heterocycles. The van der Waals surface area contributed by atoms with E-state index in [9.17, 15) is 9.90 Å². The Morgan fingerprint density at radius 1 is 1.03 bits per heavy atom. The molecule has 5 nitrogen and oxygen atoms in total. The number of nitrogens with zero attached hydrogens (tertiary/aromatic N) is 1. The Bertz CT molecular complexity index is 896. The molecule has 178 valence electrons. The predicted molar refractivity (Wildman–Crippen MR) is 133 cm³/mol. The second-order valence-electron chi connectivity index (χ2n) is 9.72. The minimum absolute atomic E-state index is 0.225. The number of benzene rings is 2. The normalized spacial score (nSPS) is 16.9. The van der Waals surface area contributed by atoms with Crippen LogP contribution in [0.2, 0.25) is 0 Å². The average Bonchev–Trinajstić information content (AvgIpc) is 2.81. The van der Waals surface area contributed by atoms with E-state index in [0.29, 0.717) is 11.4 Å². The Kier molecular flexibility index (Phi) is 8.56. The highest BCUT2D eigenvalue weighted by molar-refractivity contribution is 5.90. The van der Waals surface area contributed by atoms with Gasteiger partial charge in [0.15, 0.2) is 0 Å². The average molecular weight is 452 g/mol. The minimum Gasteiger partial charge on any atom is -0.497 e. The fraction of sp³-hybridized carbons (Fsp3) is 0.464. The van der Waals surface area contributed by atoms with Gasteiger partial charge in [0, 0.05) is 12.1 Å². The van der Waals surface area contributed by atoms with Crippen LogP contribution < -0.4 is 9.64 Å². The van der Waals surface area contributed by atoms with Crippen LogP contribution in [0.15, 0.2) is 66.9 Å². The maximum Gasteiger partial charge on any atom is 0.418 e. The standard InChI is InChI=1S/C28H37NO4/c1-28(2,3)33-27(31)29(23-15-17-24(32-4)18-16-23)20-19-25(21-11-7-5-8-12-21)26(30)22-13-9-6-10-14-22/h5,7-8,11-12,15-20,22,25-26,30H,6,9-10,13-14H2,1-4H3/b20-19-. The second kappa shape index (κ2) is 11.4. The van der Waals surface area contributed by atoms with E-state index in [-0.39, 0.29) is 11.8 Å². The van der Waals surface area contributed by atoms with Crippen molar-refractivity contribution >= 4 is 11.8 Å². The molecular weight excluding hydrogens is 414 g/mol. The maximum atomic E-state index is 13.1. The number of anilines is 1. The maximum absolute atomic E-state index is 13.1. The summed E-state index contributed by atoms with van der Waals surface area (Å²) in [6.45, 7) is 5.54. The monoisotopic (exact) mass is 451 g/mol. The van der Waals surface area contributed by atoms with Crippen molar-refractivity contribution in [3.05, 3.63) is 72.4 Å². The SMILES string of the molecule is COc1ccc(N(/C=C\C(c2ccccc2)C(O)C2CCCCC2)C(=O)OC(C)(C)C)cc1. The number of aliphatic hydroxyl groups excluding tert-OH is 1. The summed E-state index contributed by atoms with van der Waals surface area (Å²) in [5.74, 6) is 0.740. The molecule has 33 heavy (non-hydrogen) atoms. The van der Waals surface area contributed by atoms with Gasteiger partial charge < -0.3 is 14.6 Å². The molecule has 0 aliphatic heterocycles. The van der Waals surface area contributed by atoms with Gasteiger partial charge in [-0.25, -0.2) is 4.79 Å². The number of ether oxygens (including phenoxy) is 2. The van der Waals surface area contributed by atoms with E-state index >= 15 is 0 Å². The van der Waals surface area contributed by atoms with E-state index in [2.05, 4.69) is 0 Å². The molecule has 1 aliphatic rings. The quantitative estimate of drug-likeness (QED) is 0.510. The molecule has 2 unspecified atom stereocenters. The number of amides is 1. The third kappa shape index (κ3) is 7.10. The lowest BCUT2D eigenvalue weighted by atomic mass is 9.78. The molecule has 1 amide bonds. The van der Waals surface area contributed by atoms with Crippen molar-refractivity contribution in [1.29, 1.82) is 0 Å². The van der Waals surface area contributed by atoms with Crippen molar-refractivity contribution in [1.82, 2.24) is 0 Å². The first kappa shape index (κ1) is 24.8. The molecule has 1 fully saturated rings. The number of methoxy groups -OCH3 is 1. The van der Waals surface area contributed by atoms with E-state index in [0.717, 1.165) is 31.2 Å². The van der Waals surface area contributed by atoms with Crippen LogP contribution in [0.5, 0.6) is 5.75 Å². The number of carbonyl (C=O) groups excluding carboxylic acids is 1. The summed E-state index contributed by atoms with van der Waals surface area (Å²) in [6.07, 6.45) is 8.30. The molecule has 1 aliphatic carbocycles. The van der Waals surface area contributed by atoms with Crippen molar-refractivity contribution in [3.63, 3.8) is 0 Å². The highest BCUT2D eigenvalue weighted by Crippen LogP contribution is 2.35. The largest absolute Gasteiger partial charge is 0.497 e. The molecule has 0 heterocycles. The van der Waals surface area contributed by atoms with E-state index in [1.54, 1.807) is 13.3 Å². The summed E-state index contributed by atoms with van der Waals surface area (Å²) in [5, 5.41) is 11.4. The van der Waals surface area contributed by atoms with E-state index in [1.807, 2.05) is 81.4 Å². The summed E-state index contributed by atoms with van der Waals surface area (Å²) in [4.78, 5) is 14.6. The summed E-state index contributed by atoms with van der Waals surface area (Å²) in [5.41, 5.74) is 1.07. The van der Waals surface area contributed by atoms with Crippen molar-refractivity contribution < 1.29 is 19.4 Å². The van der Waals surface area contributed by atoms with Gasteiger partial charge in [-0.2, -0.15) is 0 Å². The lowest BCUT2D eigenvalue weighted by molar-refractivity contribution is 0.0593. The number of hydrogen-bond acceptors (Lipinski definition) is 4. The molecule has 0 radical (unpaired) electrons. The van der Waals surface area contributed by atoms with Crippen LogP contribution in [0.4, 0.5) is 10.5 Å². The fourth-order valence-electron chi connectivity index (χ4n) is 4.35. The first-order valence-electron chi connectivity index (χ1n) is 11.9. The van der Waals surface area contributed by atoms with Crippen molar-refractivity contribution in [3.8, 4) is 5.75 Å². The Balaban J connectivity index is 1.93. The molecule has 1 N–H and O–H groups in total. The van der Waals surface area contributed by atoms with Gasteiger partial charge in [0.2, 0.25) is 0 Å². The van der Waals surface area contributed by atoms with E-state index < -0.39 is 17.8 Å². The Hall–Kier alpha value is -2.79. The van der Waals surface area contributed by atoms with Gasteiger partial charge in [-0.15, -0.1) is 0 Å². The van der Waals surface area contributed by atoms with Gasteiger partial charge >= 0.3 is 6.09 Å². The Labute approximate surface area is 198 Å². The smallest absolute Gasteiger partial charge is 0.418 e. The van der Waals surface area contributed by atoms with Gasteiger partial charge in [-0.3, -0.25) is 4.90 Å². The summed E-state index contributed by atoms with van der Waals surface area (Å²) in [7, 11) is 1.61. The molecule has 3 rings (SSSR count). The molecule has 0 spiro atoms. The van der Waals surface area contributed by atoms with Gasteiger partial charge in [-0.05, 0) is 69.4 Å².